The summed E-state index contributed by atoms with van der Waals surface area (Å²) in [6.07, 6.45) is -4.09. The van der Waals surface area contributed by atoms with Crippen LogP contribution in [0, 0.1) is 0 Å². The van der Waals surface area contributed by atoms with Crippen molar-refractivity contribution in [1.29, 1.82) is 0 Å². The summed E-state index contributed by atoms with van der Waals surface area (Å²) in [4.78, 5) is 0. The maximum absolute atomic E-state index is 11.9. The van der Waals surface area contributed by atoms with Crippen LogP contribution in [-0.4, -0.2) is 29.8 Å². The van der Waals surface area contributed by atoms with Crippen LogP contribution < -0.4 is 11.1 Å². The minimum absolute atomic E-state index is 0.0836. The molecule has 0 radical (unpaired) electrons. The molecule has 0 aliphatic carbocycles. The number of nitrogens with two attached hydrogens (primary N) is 1. The summed E-state index contributed by atoms with van der Waals surface area (Å²) >= 11 is 0. The zero-order valence-electron chi connectivity index (χ0n) is 8.51. The van der Waals surface area contributed by atoms with E-state index in [2.05, 4.69) is 10.5 Å². The predicted molar refractivity (Wildman–Crippen MR) is 50.8 cm³/mol. The molecule has 0 heterocycles. The Morgan fingerprint density at radius 1 is 1.53 bits per heavy atom. The SMILES string of the molecule is CC(CC(F)(F)F)NCCCC(N)=NO. The van der Waals surface area contributed by atoms with Crippen LogP contribution in [0.3, 0.4) is 0 Å². The van der Waals surface area contributed by atoms with Crippen molar-refractivity contribution in [2.45, 2.75) is 38.4 Å². The zero-order valence-corrected chi connectivity index (χ0v) is 8.51. The van der Waals surface area contributed by atoms with Gasteiger partial charge in [-0.2, -0.15) is 13.2 Å². The highest BCUT2D eigenvalue weighted by Crippen LogP contribution is 2.21. The molecule has 0 spiro atoms. The Bertz CT molecular complexity index is 206. The molecule has 1 atom stereocenters. The molecule has 4 nitrogen and oxygen atoms in total. The Morgan fingerprint density at radius 2 is 2.13 bits per heavy atom. The second kappa shape index (κ2) is 6.49. The van der Waals surface area contributed by atoms with Crippen molar-refractivity contribution in [1.82, 2.24) is 5.32 Å². The largest absolute Gasteiger partial charge is 0.409 e. The minimum Gasteiger partial charge on any atom is -0.409 e. The van der Waals surface area contributed by atoms with Gasteiger partial charge < -0.3 is 16.3 Å². The fourth-order valence-electron chi connectivity index (χ4n) is 1.09. The van der Waals surface area contributed by atoms with Crippen LogP contribution in [0.15, 0.2) is 5.16 Å². The first-order valence-electron chi connectivity index (χ1n) is 4.61. The molecule has 0 fully saturated rings. The molecule has 0 aromatic carbocycles. The number of hydrogen-bond donors (Lipinski definition) is 3. The molecule has 0 saturated carbocycles. The van der Waals surface area contributed by atoms with Crippen LogP contribution in [0.1, 0.15) is 26.2 Å². The lowest BCUT2D eigenvalue weighted by Crippen LogP contribution is -2.32. The third-order valence-electron chi connectivity index (χ3n) is 1.77. The maximum Gasteiger partial charge on any atom is 0.390 e. The van der Waals surface area contributed by atoms with Gasteiger partial charge in [-0.1, -0.05) is 5.16 Å². The Balaban J connectivity index is 3.52. The summed E-state index contributed by atoms with van der Waals surface area (Å²) in [5.41, 5.74) is 5.18. The highest BCUT2D eigenvalue weighted by Gasteiger charge is 2.29. The van der Waals surface area contributed by atoms with Crippen LogP contribution in [0.25, 0.3) is 0 Å². The van der Waals surface area contributed by atoms with Crippen molar-refractivity contribution in [3.8, 4) is 0 Å². The van der Waals surface area contributed by atoms with Crippen LogP contribution in [0.4, 0.5) is 13.2 Å². The van der Waals surface area contributed by atoms with Gasteiger partial charge in [-0.25, -0.2) is 0 Å². The van der Waals surface area contributed by atoms with E-state index in [0.717, 1.165) is 0 Å². The maximum atomic E-state index is 11.9. The third-order valence-corrected chi connectivity index (χ3v) is 1.77. The minimum atomic E-state index is -4.14. The third kappa shape index (κ3) is 9.33. The van der Waals surface area contributed by atoms with Crippen molar-refractivity contribution in [3.63, 3.8) is 0 Å². The Morgan fingerprint density at radius 3 is 2.60 bits per heavy atom. The number of rotatable bonds is 6. The fraction of sp³-hybridized carbons (Fsp3) is 0.875. The van der Waals surface area contributed by atoms with Gasteiger partial charge in [0.25, 0.3) is 0 Å². The summed E-state index contributed by atoms with van der Waals surface area (Å²) in [6.45, 7) is 1.88. The van der Waals surface area contributed by atoms with Crippen molar-refractivity contribution in [2.75, 3.05) is 6.54 Å². The van der Waals surface area contributed by atoms with Crippen LogP contribution in [0.2, 0.25) is 0 Å². The molecule has 15 heavy (non-hydrogen) atoms. The van der Waals surface area contributed by atoms with E-state index in [4.69, 9.17) is 10.9 Å². The average molecular weight is 227 g/mol. The monoisotopic (exact) mass is 227 g/mol. The zero-order chi connectivity index (χ0) is 11.9. The first kappa shape index (κ1) is 14.0. The molecule has 0 bridgehead atoms. The normalized spacial score (nSPS) is 15.3. The first-order chi connectivity index (χ1) is 6.85. The molecule has 0 aromatic heterocycles. The number of amidine groups is 1. The molecule has 0 rings (SSSR count). The Hall–Kier alpha value is -0.980. The molecule has 0 saturated heterocycles. The molecule has 4 N–H and O–H groups in total. The fourth-order valence-corrected chi connectivity index (χ4v) is 1.09. The molecule has 0 aliphatic heterocycles. The van der Waals surface area contributed by atoms with E-state index in [-0.39, 0.29) is 5.84 Å². The molecule has 0 aliphatic rings. The lowest BCUT2D eigenvalue weighted by Gasteiger charge is -2.15. The van der Waals surface area contributed by atoms with E-state index >= 15 is 0 Å². The lowest BCUT2D eigenvalue weighted by molar-refractivity contribution is -0.139. The summed E-state index contributed by atoms with van der Waals surface area (Å²) in [5, 5.41) is 13.6. The summed E-state index contributed by atoms with van der Waals surface area (Å²) in [6, 6.07) is -0.614. The first-order valence-corrected chi connectivity index (χ1v) is 4.61. The second-order valence-corrected chi connectivity index (χ2v) is 3.37. The summed E-state index contributed by atoms with van der Waals surface area (Å²) < 4.78 is 35.7. The van der Waals surface area contributed by atoms with E-state index in [1.54, 1.807) is 0 Å². The smallest absolute Gasteiger partial charge is 0.390 e. The van der Waals surface area contributed by atoms with Gasteiger partial charge in [-0.3, -0.25) is 0 Å². The van der Waals surface area contributed by atoms with E-state index in [0.29, 0.717) is 19.4 Å². The van der Waals surface area contributed by atoms with Crippen molar-refractivity contribution in [3.05, 3.63) is 0 Å². The van der Waals surface area contributed by atoms with Crippen molar-refractivity contribution in [2.24, 2.45) is 10.9 Å². The topological polar surface area (TPSA) is 70.6 Å². The molecule has 90 valence electrons. The standard InChI is InChI=1S/C8H16F3N3O/c1-6(5-8(9,10)11)13-4-2-3-7(12)14-15/h6,13,15H,2-5H2,1H3,(H2,12,14). The van der Waals surface area contributed by atoms with E-state index < -0.39 is 18.6 Å². The Labute approximate surface area is 86.3 Å². The number of hydrogen-bond acceptors (Lipinski definition) is 3. The van der Waals surface area contributed by atoms with Crippen molar-refractivity contribution < 1.29 is 18.4 Å². The summed E-state index contributed by atoms with van der Waals surface area (Å²) in [7, 11) is 0. The van der Waals surface area contributed by atoms with Gasteiger partial charge in [-0.05, 0) is 19.9 Å². The van der Waals surface area contributed by atoms with Crippen molar-refractivity contribution >= 4 is 5.84 Å². The average Bonchev–Trinajstić information content (AvgIpc) is 2.09. The van der Waals surface area contributed by atoms with Gasteiger partial charge in [0.15, 0.2) is 0 Å². The van der Waals surface area contributed by atoms with Gasteiger partial charge in [0.1, 0.15) is 5.84 Å². The van der Waals surface area contributed by atoms with Crippen LogP contribution in [-0.2, 0) is 0 Å². The molecule has 7 heteroatoms. The van der Waals surface area contributed by atoms with Crippen LogP contribution in [0.5, 0.6) is 0 Å². The molecule has 0 aromatic rings. The molecule has 1 unspecified atom stereocenters. The van der Waals surface area contributed by atoms with Gasteiger partial charge in [0.2, 0.25) is 0 Å². The predicted octanol–water partition coefficient (Wildman–Crippen LogP) is 1.44. The number of nitrogens with one attached hydrogen (secondary N) is 1. The quantitative estimate of drug-likeness (QED) is 0.211. The number of oxime groups is 1. The van der Waals surface area contributed by atoms with E-state index in [1.807, 2.05) is 0 Å². The number of alkyl halides is 3. The lowest BCUT2D eigenvalue weighted by atomic mass is 10.2. The number of halogens is 3. The van der Waals surface area contributed by atoms with E-state index in [9.17, 15) is 13.2 Å². The van der Waals surface area contributed by atoms with Gasteiger partial charge in [0.05, 0.1) is 6.42 Å². The molecule has 0 amide bonds. The molecular formula is C8H16F3N3O. The van der Waals surface area contributed by atoms with Gasteiger partial charge in [0, 0.05) is 12.5 Å². The summed E-state index contributed by atoms with van der Waals surface area (Å²) in [5.74, 6) is 0.0836. The number of nitrogens with zero attached hydrogens (tertiary/aromatic N) is 1. The van der Waals surface area contributed by atoms with Crippen LogP contribution >= 0.6 is 0 Å². The highest BCUT2D eigenvalue weighted by atomic mass is 19.4. The van der Waals surface area contributed by atoms with E-state index in [1.165, 1.54) is 6.92 Å². The van der Waals surface area contributed by atoms with Gasteiger partial charge >= 0.3 is 6.18 Å². The molecular weight excluding hydrogens is 211 g/mol. The Kier molecular flexibility index (Phi) is 6.07. The second-order valence-electron chi connectivity index (χ2n) is 3.37. The van der Waals surface area contributed by atoms with Gasteiger partial charge in [-0.15, -0.1) is 0 Å². The highest BCUT2D eigenvalue weighted by molar-refractivity contribution is 5.79.